The van der Waals surface area contributed by atoms with E-state index in [4.69, 9.17) is 0 Å². The fourth-order valence-electron chi connectivity index (χ4n) is 5.12. The lowest BCUT2D eigenvalue weighted by molar-refractivity contribution is -0.116. The summed E-state index contributed by atoms with van der Waals surface area (Å²) in [4.78, 5) is 52.9. The van der Waals surface area contributed by atoms with Gasteiger partial charge in [0.1, 0.15) is 0 Å². The summed E-state index contributed by atoms with van der Waals surface area (Å²) < 4.78 is 0. The topological polar surface area (TPSA) is 120 Å². The van der Waals surface area contributed by atoms with E-state index in [1.165, 1.54) is 0 Å². The lowest BCUT2D eigenvalue weighted by atomic mass is 9.98. The summed E-state index contributed by atoms with van der Waals surface area (Å²) in [6.45, 7) is 1.82. The highest BCUT2D eigenvalue weighted by Crippen LogP contribution is 2.39. The largest absolute Gasteiger partial charge is 0.353 e. The Balaban J connectivity index is 1.42. The molecule has 208 valence electrons. The molecule has 0 aromatic heterocycles. The third-order valence-corrected chi connectivity index (χ3v) is 7.23. The number of benzene rings is 4. The maximum atomic E-state index is 13.5. The molecular weight excluding hydrogens is 530 g/mol. The second-order valence-electron chi connectivity index (χ2n) is 9.97. The van der Waals surface area contributed by atoms with Crippen molar-refractivity contribution in [3.8, 4) is 0 Å². The number of carbonyl (C=O) groups is 4. The van der Waals surface area contributed by atoms with Crippen LogP contribution in [0.15, 0.2) is 103 Å². The van der Waals surface area contributed by atoms with Gasteiger partial charge in [-0.25, -0.2) is 9.69 Å². The standard InChI is InChI=1S/C33H27N5O4/c1-20(21-10-4-2-5-11-21)35-31(40)23-16-17-25-24(18-23)29(32(41)37-25)30(22-12-6-3-7-13-22)36-26-14-8-9-15-27(26)38-28(39)19-34-33(38)42/h2-18,20,36H,19H2,1H3,(H,34,42)(H,35,40)(H,37,41)/b30-29-/t20-/m1/s1. The first-order valence-corrected chi connectivity index (χ1v) is 13.5. The zero-order valence-electron chi connectivity index (χ0n) is 22.7. The van der Waals surface area contributed by atoms with E-state index in [9.17, 15) is 19.2 Å². The highest BCUT2D eigenvalue weighted by Gasteiger charge is 2.33. The number of anilines is 3. The van der Waals surface area contributed by atoms with Crippen molar-refractivity contribution in [3.63, 3.8) is 0 Å². The van der Waals surface area contributed by atoms with E-state index in [2.05, 4.69) is 21.3 Å². The Morgan fingerprint density at radius 3 is 2.24 bits per heavy atom. The molecule has 9 heteroatoms. The number of hydrogen-bond donors (Lipinski definition) is 4. The van der Waals surface area contributed by atoms with E-state index in [-0.39, 0.29) is 30.3 Å². The minimum atomic E-state index is -0.521. The van der Waals surface area contributed by atoms with Gasteiger partial charge in [0.25, 0.3) is 17.7 Å². The van der Waals surface area contributed by atoms with Gasteiger partial charge in [0, 0.05) is 16.8 Å². The number of imide groups is 1. The van der Waals surface area contributed by atoms with Crippen LogP contribution in [0.2, 0.25) is 0 Å². The first-order valence-electron chi connectivity index (χ1n) is 13.5. The van der Waals surface area contributed by atoms with E-state index in [1.807, 2.05) is 67.6 Å². The van der Waals surface area contributed by atoms with Crippen molar-refractivity contribution < 1.29 is 19.2 Å². The van der Waals surface area contributed by atoms with Gasteiger partial charge < -0.3 is 21.3 Å². The smallest absolute Gasteiger partial charge is 0.329 e. The van der Waals surface area contributed by atoms with Gasteiger partial charge in [-0.2, -0.15) is 0 Å². The number of rotatable bonds is 7. The molecule has 4 aromatic rings. The fraction of sp³-hybridized carbons (Fsp3) is 0.0909. The summed E-state index contributed by atoms with van der Waals surface area (Å²) >= 11 is 0. The van der Waals surface area contributed by atoms with Crippen LogP contribution < -0.4 is 26.2 Å². The van der Waals surface area contributed by atoms with Crippen molar-refractivity contribution in [2.45, 2.75) is 13.0 Å². The van der Waals surface area contributed by atoms with Crippen LogP contribution in [0.5, 0.6) is 0 Å². The highest BCUT2D eigenvalue weighted by molar-refractivity contribution is 6.38. The van der Waals surface area contributed by atoms with Crippen molar-refractivity contribution >= 4 is 52.1 Å². The minimum absolute atomic E-state index is 0.0939. The second-order valence-corrected chi connectivity index (χ2v) is 9.97. The van der Waals surface area contributed by atoms with Crippen LogP contribution in [0.1, 0.15) is 40.0 Å². The Morgan fingerprint density at radius 2 is 1.52 bits per heavy atom. The predicted molar refractivity (Wildman–Crippen MR) is 162 cm³/mol. The Bertz CT molecular complexity index is 1730. The van der Waals surface area contributed by atoms with E-state index in [1.54, 1.807) is 42.5 Å². The lowest BCUT2D eigenvalue weighted by Gasteiger charge is -2.21. The molecule has 1 saturated heterocycles. The molecule has 5 amide bonds. The number of hydrogen-bond acceptors (Lipinski definition) is 5. The molecule has 4 aromatic carbocycles. The quantitative estimate of drug-likeness (QED) is 0.185. The molecule has 42 heavy (non-hydrogen) atoms. The number of nitrogens with zero attached hydrogens (tertiary/aromatic N) is 1. The van der Waals surface area contributed by atoms with Gasteiger partial charge in [-0.05, 0) is 48.4 Å². The van der Waals surface area contributed by atoms with Crippen molar-refractivity contribution in [2.75, 3.05) is 22.1 Å². The molecule has 6 rings (SSSR count). The molecular formula is C33H27N5O4. The molecule has 0 radical (unpaired) electrons. The number of amides is 5. The molecule has 0 spiro atoms. The zero-order chi connectivity index (χ0) is 29.2. The van der Waals surface area contributed by atoms with Crippen LogP contribution in [-0.4, -0.2) is 30.3 Å². The monoisotopic (exact) mass is 557 g/mol. The van der Waals surface area contributed by atoms with Crippen LogP contribution in [-0.2, 0) is 9.59 Å². The number of nitrogens with one attached hydrogen (secondary N) is 4. The maximum absolute atomic E-state index is 13.5. The number of para-hydroxylation sites is 2. The van der Waals surface area contributed by atoms with Gasteiger partial charge in [0.05, 0.1) is 35.2 Å². The van der Waals surface area contributed by atoms with Gasteiger partial charge in [-0.1, -0.05) is 72.8 Å². The molecule has 0 unspecified atom stereocenters. The molecule has 4 N–H and O–H groups in total. The third-order valence-electron chi connectivity index (χ3n) is 7.23. The normalized spacial score (nSPS) is 15.9. The summed E-state index contributed by atoms with van der Waals surface area (Å²) in [5.74, 6) is -1.00. The summed E-state index contributed by atoms with van der Waals surface area (Å²) in [5, 5.41) is 11.8. The van der Waals surface area contributed by atoms with E-state index >= 15 is 0 Å². The van der Waals surface area contributed by atoms with Gasteiger partial charge >= 0.3 is 6.03 Å². The van der Waals surface area contributed by atoms with Gasteiger partial charge in [0.2, 0.25) is 0 Å². The second kappa shape index (κ2) is 11.1. The number of urea groups is 1. The molecule has 0 aliphatic carbocycles. The average molecular weight is 558 g/mol. The predicted octanol–water partition coefficient (Wildman–Crippen LogP) is 5.17. The van der Waals surface area contributed by atoms with Crippen LogP contribution >= 0.6 is 0 Å². The Hall–Kier alpha value is -5.70. The summed E-state index contributed by atoms with van der Waals surface area (Å²) in [7, 11) is 0. The van der Waals surface area contributed by atoms with E-state index in [0.717, 1.165) is 10.5 Å². The van der Waals surface area contributed by atoms with Crippen LogP contribution in [0.3, 0.4) is 0 Å². The fourth-order valence-corrected chi connectivity index (χ4v) is 5.12. The summed E-state index contributed by atoms with van der Waals surface area (Å²) in [5.41, 5.74) is 4.81. The van der Waals surface area contributed by atoms with Gasteiger partial charge in [-0.15, -0.1) is 0 Å². The first-order chi connectivity index (χ1) is 20.4. The van der Waals surface area contributed by atoms with Crippen molar-refractivity contribution in [1.82, 2.24) is 10.6 Å². The van der Waals surface area contributed by atoms with Crippen molar-refractivity contribution in [3.05, 3.63) is 125 Å². The summed E-state index contributed by atoms with van der Waals surface area (Å²) in [6, 6.07) is 30.2. The Kier molecular flexibility index (Phi) is 6.98. The van der Waals surface area contributed by atoms with Gasteiger partial charge in [-0.3, -0.25) is 14.4 Å². The lowest BCUT2D eigenvalue weighted by Crippen LogP contribution is -2.31. The Morgan fingerprint density at radius 1 is 0.833 bits per heavy atom. The SMILES string of the molecule is C[C@@H](NC(=O)c1ccc2c(c1)/C(=C(/Nc1ccccc1N1C(=O)CNC1=O)c1ccccc1)C(=O)N2)c1ccccc1. The van der Waals surface area contributed by atoms with Crippen molar-refractivity contribution in [1.29, 1.82) is 0 Å². The highest BCUT2D eigenvalue weighted by atomic mass is 16.2. The molecule has 2 heterocycles. The average Bonchev–Trinajstić information content (AvgIpc) is 3.53. The van der Waals surface area contributed by atoms with Crippen LogP contribution in [0.4, 0.5) is 21.9 Å². The summed E-state index contributed by atoms with van der Waals surface area (Å²) in [6.07, 6.45) is 0. The molecule has 1 atom stereocenters. The van der Waals surface area contributed by atoms with Crippen molar-refractivity contribution in [2.24, 2.45) is 0 Å². The van der Waals surface area contributed by atoms with Crippen LogP contribution in [0, 0.1) is 0 Å². The van der Waals surface area contributed by atoms with E-state index < -0.39 is 6.03 Å². The van der Waals surface area contributed by atoms with Gasteiger partial charge in [0.15, 0.2) is 0 Å². The molecule has 0 saturated carbocycles. The first kappa shape index (κ1) is 26.5. The zero-order valence-corrected chi connectivity index (χ0v) is 22.7. The number of fused-ring (bicyclic) bond motifs is 1. The molecule has 0 bridgehead atoms. The minimum Gasteiger partial charge on any atom is -0.353 e. The maximum Gasteiger partial charge on any atom is 0.329 e. The Labute approximate surface area is 242 Å². The molecule has 2 aliphatic heterocycles. The van der Waals surface area contributed by atoms with E-state index in [0.29, 0.717) is 45.0 Å². The molecule has 9 nitrogen and oxygen atoms in total. The van der Waals surface area contributed by atoms with Crippen LogP contribution in [0.25, 0.3) is 11.3 Å². The molecule has 2 aliphatic rings. The third kappa shape index (κ3) is 4.99. The molecule has 1 fully saturated rings. The number of carbonyl (C=O) groups excluding carboxylic acids is 4.